The van der Waals surface area contributed by atoms with E-state index in [1.54, 1.807) is 73.8 Å². The van der Waals surface area contributed by atoms with Crippen LogP contribution >= 0.6 is 23.1 Å². The Morgan fingerprint density at radius 2 is 1.65 bits per heavy atom. The van der Waals surface area contributed by atoms with E-state index < -0.39 is 17.1 Å². The van der Waals surface area contributed by atoms with E-state index in [0.717, 1.165) is 20.7 Å². The molecular weight excluding hydrogens is 621 g/mol. The van der Waals surface area contributed by atoms with Crippen LogP contribution < -0.4 is 25.4 Å². The molecule has 1 aromatic heterocycles. The number of thiazole rings is 1. The molecular formula is C35H32N4O5S2. The summed E-state index contributed by atoms with van der Waals surface area (Å²) in [7, 11) is 3.06. The highest BCUT2D eigenvalue weighted by atomic mass is 32.2. The Bertz CT molecular complexity index is 1910. The van der Waals surface area contributed by atoms with Gasteiger partial charge in [0.25, 0.3) is 11.8 Å². The zero-order chi connectivity index (χ0) is 32.6. The van der Waals surface area contributed by atoms with Crippen molar-refractivity contribution in [3.63, 3.8) is 0 Å². The van der Waals surface area contributed by atoms with Crippen molar-refractivity contribution in [3.05, 3.63) is 113 Å². The number of ether oxygens (including phenoxy) is 2. The molecule has 11 heteroatoms. The standard InChI is InChI=1S/C35H32N4O5S2/c1-21-10-17-28-31(18-21)46-35(38-28)39-32(40)22(2)45-27-15-12-25(13-16-27)36-34(42)29(37-33(41)23-8-6-5-7-9-23)19-24-11-14-26(43-3)20-30(24)44-4/h5-20,22H,1-4H3,(H,36,42)(H,37,41)(H,38,39,40)/b29-19-. The van der Waals surface area contributed by atoms with Crippen molar-refractivity contribution >= 4 is 67.9 Å². The highest BCUT2D eigenvalue weighted by molar-refractivity contribution is 8.00. The lowest BCUT2D eigenvalue weighted by Crippen LogP contribution is -2.30. The molecule has 0 aliphatic heterocycles. The number of thioether (sulfide) groups is 1. The molecule has 0 aliphatic rings. The van der Waals surface area contributed by atoms with E-state index in [1.165, 1.54) is 30.2 Å². The predicted molar refractivity (Wildman–Crippen MR) is 185 cm³/mol. The summed E-state index contributed by atoms with van der Waals surface area (Å²) in [5.74, 6) is -0.0619. The predicted octanol–water partition coefficient (Wildman–Crippen LogP) is 7.15. The van der Waals surface area contributed by atoms with Gasteiger partial charge in [-0.3, -0.25) is 14.4 Å². The molecule has 4 aromatic carbocycles. The van der Waals surface area contributed by atoms with Crippen LogP contribution in [0.2, 0.25) is 0 Å². The second kappa shape index (κ2) is 14.8. The highest BCUT2D eigenvalue weighted by Gasteiger charge is 2.19. The first-order valence-corrected chi connectivity index (χ1v) is 16.0. The number of methoxy groups -OCH3 is 2. The van der Waals surface area contributed by atoms with Gasteiger partial charge >= 0.3 is 0 Å². The molecule has 0 fully saturated rings. The van der Waals surface area contributed by atoms with Gasteiger partial charge in [0.05, 0.1) is 29.7 Å². The van der Waals surface area contributed by atoms with Crippen molar-refractivity contribution < 1.29 is 23.9 Å². The monoisotopic (exact) mass is 652 g/mol. The molecule has 0 saturated carbocycles. The van der Waals surface area contributed by atoms with E-state index in [1.807, 2.05) is 44.2 Å². The van der Waals surface area contributed by atoms with Crippen molar-refractivity contribution in [3.8, 4) is 11.5 Å². The maximum atomic E-state index is 13.5. The van der Waals surface area contributed by atoms with Crippen LogP contribution in [0.3, 0.4) is 0 Å². The van der Waals surface area contributed by atoms with E-state index in [9.17, 15) is 14.4 Å². The third kappa shape index (κ3) is 8.12. The summed E-state index contributed by atoms with van der Waals surface area (Å²) in [6.45, 7) is 3.85. The number of fused-ring (bicyclic) bond motifs is 1. The molecule has 0 bridgehead atoms. The first kappa shape index (κ1) is 32.3. The molecule has 3 amide bonds. The van der Waals surface area contributed by atoms with Crippen LogP contribution in [0.15, 0.2) is 102 Å². The number of hydrogen-bond donors (Lipinski definition) is 3. The Morgan fingerprint density at radius 3 is 2.37 bits per heavy atom. The van der Waals surface area contributed by atoms with Gasteiger partial charge in [-0.15, -0.1) is 11.8 Å². The Kier molecular flexibility index (Phi) is 10.4. The van der Waals surface area contributed by atoms with Crippen molar-refractivity contribution in [2.24, 2.45) is 0 Å². The Hall–Kier alpha value is -5.13. The summed E-state index contributed by atoms with van der Waals surface area (Å²) in [5.41, 5.74) is 3.50. The topological polar surface area (TPSA) is 119 Å². The van der Waals surface area contributed by atoms with Crippen LogP contribution in [0.5, 0.6) is 11.5 Å². The number of hydrogen-bond acceptors (Lipinski definition) is 8. The lowest BCUT2D eigenvalue weighted by Gasteiger charge is -2.14. The maximum Gasteiger partial charge on any atom is 0.272 e. The molecule has 1 unspecified atom stereocenters. The third-order valence-corrected chi connectivity index (χ3v) is 8.88. The summed E-state index contributed by atoms with van der Waals surface area (Å²) in [5, 5.41) is 8.67. The van der Waals surface area contributed by atoms with Crippen molar-refractivity contribution in [1.29, 1.82) is 0 Å². The number of carbonyl (C=O) groups excluding carboxylic acids is 3. The van der Waals surface area contributed by atoms with Crippen LogP contribution in [0.1, 0.15) is 28.4 Å². The Balaban J connectivity index is 1.27. The van der Waals surface area contributed by atoms with Crippen molar-refractivity contribution in [2.75, 3.05) is 24.9 Å². The first-order valence-electron chi connectivity index (χ1n) is 14.3. The number of nitrogens with zero attached hydrogens (tertiary/aromatic N) is 1. The highest BCUT2D eigenvalue weighted by Crippen LogP contribution is 2.30. The number of aryl methyl sites for hydroxylation is 1. The number of carbonyl (C=O) groups is 3. The second-order valence-corrected chi connectivity index (χ2v) is 12.6. The number of amides is 3. The average Bonchev–Trinajstić information content (AvgIpc) is 3.46. The largest absolute Gasteiger partial charge is 0.497 e. The summed E-state index contributed by atoms with van der Waals surface area (Å²) in [6.07, 6.45) is 1.55. The molecule has 1 heterocycles. The first-order chi connectivity index (χ1) is 22.2. The van der Waals surface area contributed by atoms with Crippen molar-refractivity contribution in [2.45, 2.75) is 24.0 Å². The van der Waals surface area contributed by atoms with E-state index in [4.69, 9.17) is 9.47 Å². The van der Waals surface area contributed by atoms with Gasteiger partial charge in [0.2, 0.25) is 5.91 Å². The van der Waals surface area contributed by atoms with E-state index >= 15 is 0 Å². The van der Waals surface area contributed by atoms with Gasteiger partial charge in [-0.25, -0.2) is 4.98 Å². The average molecular weight is 653 g/mol. The van der Waals surface area contributed by atoms with Gasteiger partial charge in [0.15, 0.2) is 5.13 Å². The fourth-order valence-electron chi connectivity index (χ4n) is 4.40. The molecule has 0 radical (unpaired) electrons. The smallest absolute Gasteiger partial charge is 0.272 e. The van der Waals surface area contributed by atoms with Gasteiger partial charge in [0.1, 0.15) is 17.2 Å². The van der Waals surface area contributed by atoms with Crippen LogP contribution in [-0.2, 0) is 9.59 Å². The number of nitrogens with one attached hydrogen (secondary N) is 3. The van der Waals surface area contributed by atoms with E-state index in [0.29, 0.717) is 33.4 Å². The molecule has 1 atom stereocenters. The molecule has 234 valence electrons. The van der Waals surface area contributed by atoms with Gasteiger partial charge in [-0.05, 0) is 86.2 Å². The quantitative estimate of drug-likeness (QED) is 0.102. The van der Waals surface area contributed by atoms with Gasteiger partial charge in [-0.1, -0.05) is 35.6 Å². The Labute approximate surface area is 275 Å². The summed E-state index contributed by atoms with van der Waals surface area (Å²) in [6, 6.07) is 26.9. The van der Waals surface area contributed by atoms with Crippen LogP contribution in [0.4, 0.5) is 10.8 Å². The number of rotatable bonds is 11. The minimum Gasteiger partial charge on any atom is -0.497 e. The van der Waals surface area contributed by atoms with Crippen molar-refractivity contribution in [1.82, 2.24) is 10.3 Å². The SMILES string of the molecule is COc1ccc(/C=C(\NC(=O)c2ccccc2)C(=O)Nc2ccc(SC(C)C(=O)Nc3nc4ccc(C)cc4s3)cc2)c(OC)c1. The van der Waals surface area contributed by atoms with Crippen LogP contribution in [0.25, 0.3) is 16.3 Å². The minimum atomic E-state index is -0.527. The molecule has 9 nitrogen and oxygen atoms in total. The number of anilines is 2. The molecule has 5 rings (SSSR count). The lowest BCUT2D eigenvalue weighted by atomic mass is 10.1. The fraction of sp³-hybridized carbons (Fsp3) is 0.143. The number of benzene rings is 4. The molecule has 0 aliphatic carbocycles. The second-order valence-electron chi connectivity index (χ2n) is 10.2. The lowest BCUT2D eigenvalue weighted by molar-refractivity contribution is -0.115. The minimum absolute atomic E-state index is 0.0195. The van der Waals surface area contributed by atoms with Gasteiger partial charge in [-0.2, -0.15) is 0 Å². The zero-order valence-electron chi connectivity index (χ0n) is 25.6. The van der Waals surface area contributed by atoms with Crippen LogP contribution in [-0.4, -0.2) is 42.2 Å². The summed E-state index contributed by atoms with van der Waals surface area (Å²) < 4.78 is 11.8. The van der Waals surface area contributed by atoms with E-state index in [2.05, 4.69) is 20.9 Å². The summed E-state index contributed by atoms with van der Waals surface area (Å²) in [4.78, 5) is 44.7. The Morgan fingerprint density at radius 1 is 0.891 bits per heavy atom. The molecule has 46 heavy (non-hydrogen) atoms. The van der Waals surface area contributed by atoms with E-state index in [-0.39, 0.29) is 11.6 Å². The normalized spacial score (nSPS) is 11.9. The molecule has 0 spiro atoms. The van der Waals surface area contributed by atoms with Crippen LogP contribution in [0, 0.1) is 6.92 Å². The zero-order valence-corrected chi connectivity index (χ0v) is 27.3. The maximum absolute atomic E-state index is 13.5. The number of aromatic nitrogens is 1. The van der Waals surface area contributed by atoms with Gasteiger partial charge in [0, 0.05) is 27.8 Å². The van der Waals surface area contributed by atoms with Gasteiger partial charge < -0.3 is 25.4 Å². The molecule has 5 aromatic rings. The fourth-order valence-corrected chi connectivity index (χ4v) is 6.24. The molecule has 0 saturated heterocycles. The summed E-state index contributed by atoms with van der Waals surface area (Å²) >= 11 is 2.83. The molecule has 3 N–H and O–H groups in total. The third-order valence-electron chi connectivity index (χ3n) is 6.84.